The van der Waals surface area contributed by atoms with E-state index in [1.165, 1.54) is 18.4 Å². The Balaban J connectivity index is 2.68. The second-order valence-electron chi connectivity index (χ2n) is 4.05. The summed E-state index contributed by atoms with van der Waals surface area (Å²) in [4.78, 5) is 34.4. The van der Waals surface area contributed by atoms with Gasteiger partial charge in [-0.25, -0.2) is 4.79 Å². The summed E-state index contributed by atoms with van der Waals surface area (Å²) in [5.41, 5.74) is 0.904. The number of halogens is 1. The SMILES string of the molecule is COC(=O)CC[C@@H](NC(=O)c1cc(C)c(Br)s1)C(=O)O. The fourth-order valence-electron chi connectivity index (χ4n) is 1.42. The first kappa shape index (κ1) is 16.6. The maximum absolute atomic E-state index is 11.9. The number of aliphatic carboxylic acids is 1. The summed E-state index contributed by atoms with van der Waals surface area (Å²) in [6.45, 7) is 1.84. The third-order valence-corrected chi connectivity index (χ3v) is 4.68. The molecule has 1 amide bonds. The van der Waals surface area contributed by atoms with Crippen molar-refractivity contribution in [1.82, 2.24) is 5.32 Å². The zero-order chi connectivity index (χ0) is 15.3. The van der Waals surface area contributed by atoms with Crippen LogP contribution in [0, 0.1) is 6.92 Å². The van der Waals surface area contributed by atoms with Crippen molar-refractivity contribution in [1.29, 1.82) is 0 Å². The molecule has 1 aromatic heterocycles. The van der Waals surface area contributed by atoms with Gasteiger partial charge in [-0.15, -0.1) is 11.3 Å². The standard InChI is InChI=1S/C12H14BrNO5S/c1-6-5-8(20-10(6)13)11(16)14-7(12(17)18)3-4-9(15)19-2/h5,7H,3-4H2,1-2H3,(H,14,16)(H,17,18)/t7-/m1/s1. The summed E-state index contributed by atoms with van der Waals surface area (Å²) in [6.07, 6.45) is -0.0832. The first-order chi connectivity index (χ1) is 9.35. The number of amides is 1. The van der Waals surface area contributed by atoms with Crippen molar-refractivity contribution in [3.63, 3.8) is 0 Å². The zero-order valence-electron chi connectivity index (χ0n) is 10.9. The second-order valence-corrected chi connectivity index (χ2v) is 6.42. The van der Waals surface area contributed by atoms with Crippen LogP contribution in [0.2, 0.25) is 0 Å². The minimum atomic E-state index is -1.19. The molecule has 0 radical (unpaired) electrons. The molecule has 0 unspecified atom stereocenters. The third-order valence-electron chi connectivity index (χ3n) is 2.55. The molecule has 110 valence electrons. The van der Waals surface area contributed by atoms with E-state index >= 15 is 0 Å². The fourth-order valence-corrected chi connectivity index (χ4v) is 2.86. The Morgan fingerprint density at radius 2 is 2.15 bits per heavy atom. The van der Waals surface area contributed by atoms with E-state index in [2.05, 4.69) is 26.0 Å². The molecule has 0 aliphatic rings. The Morgan fingerprint density at radius 3 is 2.60 bits per heavy atom. The molecule has 1 rings (SSSR count). The van der Waals surface area contributed by atoms with E-state index in [1.807, 2.05) is 6.92 Å². The maximum Gasteiger partial charge on any atom is 0.326 e. The van der Waals surface area contributed by atoms with Gasteiger partial charge >= 0.3 is 11.9 Å². The van der Waals surface area contributed by atoms with Crippen LogP contribution in [-0.4, -0.2) is 36.1 Å². The largest absolute Gasteiger partial charge is 0.480 e. The van der Waals surface area contributed by atoms with E-state index in [9.17, 15) is 14.4 Å². The van der Waals surface area contributed by atoms with Gasteiger partial charge in [-0.05, 0) is 40.9 Å². The van der Waals surface area contributed by atoms with Gasteiger partial charge in [0.25, 0.3) is 5.91 Å². The van der Waals surface area contributed by atoms with Gasteiger partial charge < -0.3 is 15.2 Å². The van der Waals surface area contributed by atoms with Gasteiger partial charge in [0.2, 0.25) is 0 Å². The molecule has 2 N–H and O–H groups in total. The zero-order valence-corrected chi connectivity index (χ0v) is 13.3. The van der Waals surface area contributed by atoms with Gasteiger partial charge in [-0.3, -0.25) is 9.59 Å². The van der Waals surface area contributed by atoms with Gasteiger partial charge in [-0.2, -0.15) is 0 Å². The summed E-state index contributed by atoms with van der Waals surface area (Å²) < 4.78 is 5.26. The highest BCUT2D eigenvalue weighted by Crippen LogP contribution is 2.27. The summed E-state index contributed by atoms with van der Waals surface area (Å²) in [6, 6.07) is 0.548. The van der Waals surface area contributed by atoms with Crippen LogP contribution in [0.5, 0.6) is 0 Å². The van der Waals surface area contributed by atoms with Crippen molar-refractivity contribution >= 4 is 45.1 Å². The first-order valence-corrected chi connectivity index (χ1v) is 7.32. The molecule has 0 spiro atoms. The van der Waals surface area contributed by atoms with Gasteiger partial charge in [0.15, 0.2) is 0 Å². The molecule has 0 aliphatic carbocycles. The van der Waals surface area contributed by atoms with Crippen LogP contribution in [-0.2, 0) is 14.3 Å². The van der Waals surface area contributed by atoms with Crippen molar-refractivity contribution < 1.29 is 24.2 Å². The van der Waals surface area contributed by atoms with Crippen LogP contribution in [0.1, 0.15) is 28.1 Å². The van der Waals surface area contributed by atoms with E-state index in [-0.39, 0.29) is 12.8 Å². The number of ether oxygens (including phenoxy) is 1. The average molecular weight is 364 g/mol. The summed E-state index contributed by atoms with van der Waals surface area (Å²) in [7, 11) is 1.22. The van der Waals surface area contributed by atoms with Crippen LogP contribution in [0.3, 0.4) is 0 Å². The first-order valence-electron chi connectivity index (χ1n) is 5.71. The van der Waals surface area contributed by atoms with Crippen molar-refractivity contribution in [2.45, 2.75) is 25.8 Å². The van der Waals surface area contributed by atoms with E-state index < -0.39 is 23.9 Å². The number of thiophene rings is 1. The number of carbonyl (C=O) groups excluding carboxylic acids is 2. The topological polar surface area (TPSA) is 92.7 Å². The second kappa shape index (κ2) is 7.39. The molecule has 1 aromatic rings. The van der Waals surface area contributed by atoms with E-state index in [4.69, 9.17) is 5.11 Å². The predicted octanol–water partition coefficient (Wildman–Crippen LogP) is 1.96. The number of nitrogens with one attached hydrogen (secondary N) is 1. The summed E-state index contributed by atoms with van der Waals surface area (Å²) >= 11 is 4.52. The number of hydrogen-bond acceptors (Lipinski definition) is 5. The minimum absolute atomic E-state index is 0.0146. The quantitative estimate of drug-likeness (QED) is 0.753. The molecule has 0 aliphatic heterocycles. The predicted molar refractivity (Wildman–Crippen MR) is 76.9 cm³/mol. The summed E-state index contributed by atoms with van der Waals surface area (Å²) in [5.74, 6) is -2.17. The minimum Gasteiger partial charge on any atom is -0.480 e. The number of aryl methyl sites for hydroxylation is 1. The number of rotatable bonds is 6. The Kier molecular flexibility index (Phi) is 6.15. The summed E-state index contributed by atoms with van der Waals surface area (Å²) in [5, 5.41) is 11.4. The molecular weight excluding hydrogens is 350 g/mol. The van der Waals surface area contributed by atoms with Crippen LogP contribution >= 0.6 is 27.3 Å². The number of methoxy groups -OCH3 is 1. The third kappa shape index (κ3) is 4.61. The van der Waals surface area contributed by atoms with Crippen molar-refractivity contribution in [3.8, 4) is 0 Å². The molecule has 8 heteroatoms. The number of esters is 1. The fraction of sp³-hybridized carbons (Fsp3) is 0.417. The van der Waals surface area contributed by atoms with Crippen LogP contribution in [0.15, 0.2) is 9.85 Å². The molecule has 0 saturated heterocycles. The Labute approximate surface area is 128 Å². The van der Waals surface area contributed by atoms with Gasteiger partial charge in [0.1, 0.15) is 6.04 Å². The van der Waals surface area contributed by atoms with E-state index in [0.717, 1.165) is 9.35 Å². The molecule has 1 atom stereocenters. The molecule has 6 nitrogen and oxygen atoms in total. The maximum atomic E-state index is 11.9. The number of carboxylic acid groups (broad SMARTS) is 1. The lowest BCUT2D eigenvalue weighted by atomic mass is 10.1. The normalized spacial score (nSPS) is 11.8. The monoisotopic (exact) mass is 363 g/mol. The Hall–Kier alpha value is -1.41. The van der Waals surface area contributed by atoms with Crippen molar-refractivity contribution in [3.05, 3.63) is 20.3 Å². The van der Waals surface area contributed by atoms with Crippen molar-refractivity contribution in [2.75, 3.05) is 7.11 Å². The molecule has 0 fully saturated rings. The highest BCUT2D eigenvalue weighted by molar-refractivity contribution is 9.11. The highest BCUT2D eigenvalue weighted by atomic mass is 79.9. The molecule has 0 saturated carbocycles. The lowest BCUT2D eigenvalue weighted by molar-refractivity contribution is -0.142. The van der Waals surface area contributed by atoms with Crippen molar-refractivity contribution in [2.24, 2.45) is 0 Å². The van der Waals surface area contributed by atoms with Crippen LogP contribution < -0.4 is 5.32 Å². The number of carboxylic acids is 1. The highest BCUT2D eigenvalue weighted by Gasteiger charge is 2.23. The molecule has 20 heavy (non-hydrogen) atoms. The van der Waals surface area contributed by atoms with E-state index in [0.29, 0.717) is 4.88 Å². The van der Waals surface area contributed by atoms with Gasteiger partial charge in [-0.1, -0.05) is 0 Å². The number of carbonyl (C=O) groups is 3. The van der Waals surface area contributed by atoms with E-state index in [1.54, 1.807) is 6.07 Å². The lowest BCUT2D eigenvalue weighted by Crippen LogP contribution is -2.40. The molecule has 0 aromatic carbocycles. The number of hydrogen-bond donors (Lipinski definition) is 2. The molecule has 0 bridgehead atoms. The van der Waals surface area contributed by atoms with Crippen LogP contribution in [0.4, 0.5) is 0 Å². The smallest absolute Gasteiger partial charge is 0.326 e. The molecule has 1 heterocycles. The van der Waals surface area contributed by atoms with Gasteiger partial charge in [0, 0.05) is 6.42 Å². The average Bonchev–Trinajstić information content (AvgIpc) is 2.73. The van der Waals surface area contributed by atoms with Gasteiger partial charge in [0.05, 0.1) is 15.8 Å². The molecular formula is C12H14BrNO5S. The Bertz CT molecular complexity index is 508. The Morgan fingerprint density at radius 1 is 1.50 bits per heavy atom. The van der Waals surface area contributed by atoms with Crippen LogP contribution in [0.25, 0.3) is 0 Å². The lowest BCUT2D eigenvalue weighted by Gasteiger charge is -2.13.